The Morgan fingerprint density at radius 3 is 2.32 bits per heavy atom. The van der Waals surface area contributed by atoms with Crippen molar-refractivity contribution in [2.45, 2.75) is 0 Å². The number of pyridine rings is 1. The zero-order valence-electron chi connectivity index (χ0n) is 13.4. The van der Waals surface area contributed by atoms with Crippen molar-refractivity contribution in [3.63, 3.8) is 0 Å². The van der Waals surface area contributed by atoms with Crippen LogP contribution in [0.15, 0.2) is 79.1 Å². The Kier molecular flexibility index (Phi) is 3.86. The van der Waals surface area contributed by atoms with E-state index in [-0.39, 0.29) is 5.82 Å². The highest BCUT2D eigenvalue weighted by Crippen LogP contribution is 2.28. The van der Waals surface area contributed by atoms with Gasteiger partial charge in [0.2, 0.25) is 0 Å². The van der Waals surface area contributed by atoms with Crippen LogP contribution in [-0.2, 0) is 0 Å². The molecule has 0 aliphatic carbocycles. The van der Waals surface area contributed by atoms with Crippen LogP contribution < -0.4 is 0 Å². The van der Waals surface area contributed by atoms with E-state index in [9.17, 15) is 4.39 Å². The summed E-state index contributed by atoms with van der Waals surface area (Å²) in [6, 6.07) is 20.4. The molecule has 0 N–H and O–H groups in total. The SMILES string of the molecule is [CH2]c1cnn(-c2ccc(-c3ccccc3)nc2)c1-c1ccccc1F. The van der Waals surface area contributed by atoms with Gasteiger partial charge in [-0.25, -0.2) is 9.07 Å². The zero-order valence-corrected chi connectivity index (χ0v) is 13.4. The lowest BCUT2D eigenvalue weighted by atomic mass is 10.1. The fourth-order valence-corrected chi connectivity index (χ4v) is 2.81. The van der Waals surface area contributed by atoms with E-state index in [4.69, 9.17) is 0 Å². The highest BCUT2D eigenvalue weighted by Gasteiger charge is 2.15. The van der Waals surface area contributed by atoms with Crippen LogP contribution in [0.3, 0.4) is 0 Å². The molecule has 2 aromatic heterocycles. The topological polar surface area (TPSA) is 30.7 Å². The first-order valence-corrected chi connectivity index (χ1v) is 7.91. The van der Waals surface area contributed by atoms with Gasteiger partial charge in [0.25, 0.3) is 0 Å². The highest BCUT2D eigenvalue weighted by molar-refractivity contribution is 5.67. The lowest BCUT2D eigenvalue weighted by Gasteiger charge is -2.10. The van der Waals surface area contributed by atoms with Crippen molar-refractivity contribution in [3.8, 4) is 28.2 Å². The fourth-order valence-electron chi connectivity index (χ4n) is 2.81. The molecule has 0 amide bonds. The van der Waals surface area contributed by atoms with E-state index < -0.39 is 0 Å². The molecule has 4 heteroatoms. The van der Waals surface area contributed by atoms with Gasteiger partial charge in [-0.3, -0.25) is 4.98 Å². The Hall–Kier alpha value is -3.27. The van der Waals surface area contributed by atoms with E-state index in [0.29, 0.717) is 16.8 Å². The van der Waals surface area contributed by atoms with Crippen molar-refractivity contribution in [2.24, 2.45) is 0 Å². The van der Waals surface area contributed by atoms with Gasteiger partial charge in [-0.1, -0.05) is 42.5 Å². The maximum Gasteiger partial charge on any atom is 0.132 e. The quantitative estimate of drug-likeness (QED) is 0.534. The molecule has 0 saturated heterocycles. The second kappa shape index (κ2) is 6.32. The Labute approximate surface area is 145 Å². The summed E-state index contributed by atoms with van der Waals surface area (Å²) < 4.78 is 15.9. The minimum atomic E-state index is -0.303. The molecule has 0 unspecified atom stereocenters. The molecule has 0 fully saturated rings. The first-order chi connectivity index (χ1) is 12.2. The largest absolute Gasteiger partial charge is 0.254 e. The minimum Gasteiger partial charge on any atom is -0.254 e. The molecule has 121 valence electrons. The van der Waals surface area contributed by atoms with E-state index in [1.807, 2.05) is 42.5 Å². The molecular formula is C21H15FN3. The van der Waals surface area contributed by atoms with Crippen LogP contribution in [0.25, 0.3) is 28.2 Å². The summed E-state index contributed by atoms with van der Waals surface area (Å²) in [5.41, 5.74) is 4.44. The molecule has 0 aliphatic heterocycles. The summed E-state index contributed by atoms with van der Waals surface area (Å²) >= 11 is 0. The molecule has 0 atom stereocenters. The Morgan fingerprint density at radius 1 is 0.840 bits per heavy atom. The number of nitrogens with zero attached hydrogens (tertiary/aromatic N) is 3. The van der Waals surface area contributed by atoms with Crippen LogP contribution in [-0.4, -0.2) is 14.8 Å². The first-order valence-electron chi connectivity index (χ1n) is 7.91. The van der Waals surface area contributed by atoms with E-state index in [1.165, 1.54) is 6.07 Å². The normalized spacial score (nSPS) is 10.8. The van der Waals surface area contributed by atoms with Crippen LogP contribution in [0.4, 0.5) is 4.39 Å². The summed E-state index contributed by atoms with van der Waals surface area (Å²) in [7, 11) is 0. The van der Waals surface area contributed by atoms with Crippen LogP contribution >= 0.6 is 0 Å². The number of benzene rings is 2. The van der Waals surface area contributed by atoms with Crippen LogP contribution in [0.2, 0.25) is 0 Å². The number of halogens is 1. The highest BCUT2D eigenvalue weighted by atomic mass is 19.1. The van der Waals surface area contributed by atoms with Crippen molar-refractivity contribution in [1.82, 2.24) is 14.8 Å². The molecule has 0 spiro atoms. The molecule has 4 rings (SSSR count). The van der Waals surface area contributed by atoms with E-state index in [1.54, 1.807) is 35.3 Å². The van der Waals surface area contributed by atoms with Gasteiger partial charge in [0.15, 0.2) is 0 Å². The molecule has 0 bridgehead atoms. The Balaban J connectivity index is 1.78. The molecule has 0 aliphatic rings. The van der Waals surface area contributed by atoms with Gasteiger partial charge in [0.05, 0.1) is 29.5 Å². The van der Waals surface area contributed by atoms with Gasteiger partial charge < -0.3 is 0 Å². The van der Waals surface area contributed by atoms with Crippen molar-refractivity contribution >= 4 is 0 Å². The summed E-state index contributed by atoms with van der Waals surface area (Å²) in [5.74, 6) is -0.303. The van der Waals surface area contributed by atoms with Gasteiger partial charge in [0.1, 0.15) is 5.82 Å². The molecule has 25 heavy (non-hydrogen) atoms. The number of hydrogen-bond donors (Lipinski definition) is 0. The lowest BCUT2D eigenvalue weighted by molar-refractivity contribution is 0.629. The van der Waals surface area contributed by atoms with E-state index in [2.05, 4.69) is 17.0 Å². The third-order valence-corrected chi connectivity index (χ3v) is 4.04. The van der Waals surface area contributed by atoms with Gasteiger partial charge in [-0.15, -0.1) is 0 Å². The lowest BCUT2D eigenvalue weighted by Crippen LogP contribution is -2.01. The monoisotopic (exact) mass is 328 g/mol. The number of aromatic nitrogens is 3. The number of hydrogen-bond acceptors (Lipinski definition) is 2. The van der Waals surface area contributed by atoms with Gasteiger partial charge >= 0.3 is 0 Å². The first kappa shape index (κ1) is 15.3. The minimum absolute atomic E-state index is 0.303. The van der Waals surface area contributed by atoms with E-state index in [0.717, 1.165) is 16.9 Å². The molecular weight excluding hydrogens is 313 g/mol. The Morgan fingerprint density at radius 2 is 1.60 bits per heavy atom. The molecule has 3 nitrogen and oxygen atoms in total. The maximum absolute atomic E-state index is 14.2. The predicted octanol–water partition coefficient (Wildman–Crippen LogP) is 4.92. The number of rotatable bonds is 3. The summed E-state index contributed by atoms with van der Waals surface area (Å²) in [6.45, 7) is 3.98. The second-order valence-corrected chi connectivity index (χ2v) is 5.68. The zero-order chi connectivity index (χ0) is 17.2. The smallest absolute Gasteiger partial charge is 0.132 e. The van der Waals surface area contributed by atoms with Crippen LogP contribution in [0.5, 0.6) is 0 Å². The summed E-state index contributed by atoms with van der Waals surface area (Å²) in [5, 5.41) is 4.35. The molecule has 2 aromatic carbocycles. The third kappa shape index (κ3) is 2.83. The van der Waals surface area contributed by atoms with Gasteiger partial charge in [-0.05, 0) is 36.8 Å². The maximum atomic E-state index is 14.2. The second-order valence-electron chi connectivity index (χ2n) is 5.68. The van der Waals surface area contributed by atoms with Crippen molar-refractivity contribution in [1.29, 1.82) is 0 Å². The standard InChI is InChI=1S/C21H15FN3/c1-15-13-24-25(21(15)18-9-5-6-10-19(18)22)17-11-12-20(23-14-17)16-7-3-2-4-8-16/h2-14H,1H2. The third-order valence-electron chi connectivity index (χ3n) is 4.04. The summed E-state index contributed by atoms with van der Waals surface area (Å²) in [4.78, 5) is 4.52. The van der Waals surface area contributed by atoms with E-state index >= 15 is 0 Å². The molecule has 2 heterocycles. The fraction of sp³-hybridized carbons (Fsp3) is 0. The predicted molar refractivity (Wildman–Crippen MR) is 96.6 cm³/mol. The van der Waals surface area contributed by atoms with Crippen molar-refractivity contribution < 1.29 is 4.39 Å². The Bertz CT molecular complexity index is 1010. The molecule has 1 radical (unpaired) electrons. The van der Waals surface area contributed by atoms with Gasteiger partial charge in [-0.2, -0.15) is 5.10 Å². The van der Waals surface area contributed by atoms with Crippen LogP contribution in [0.1, 0.15) is 5.56 Å². The van der Waals surface area contributed by atoms with Crippen molar-refractivity contribution in [3.05, 3.63) is 97.4 Å². The molecule has 0 saturated carbocycles. The average molecular weight is 328 g/mol. The average Bonchev–Trinajstić information content (AvgIpc) is 3.04. The molecule has 4 aromatic rings. The van der Waals surface area contributed by atoms with Gasteiger partial charge in [0, 0.05) is 11.1 Å². The van der Waals surface area contributed by atoms with Crippen molar-refractivity contribution in [2.75, 3.05) is 0 Å². The summed E-state index contributed by atoms with van der Waals surface area (Å²) in [6.07, 6.45) is 3.37. The van der Waals surface area contributed by atoms with Crippen LogP contribution in [0, 0.1) is 12.7 Å².